The molecule has 5 heteroatoms. The van der Waals surface area contributed by atoms with E-state index in [0.717, 1.165) is 12.8 Å². The molecule has 1 saturated carbocycles. The van der Waals surface area contributed by atoms with Crippen molar-refractivity contribution in [1.29, 1.82) is 0 Å². The number of para-hydroxylation sites is 1. The van der Waals surface area contributed by atoms with E-state index < -0.39 is 0 Å². The van der Waals surface area contributed by atoms with Crippen molar-refractivity contribution in [3.05, 3.63) is 39.9 Å². The van der Waals surface area contributed by atoms with E-state index >= 15 is 0 Å². The van der Waals surface area contributed by atoms with E-state index in [-0.39, 0.29) is 22.8 Å². The molecule has 0 amide bonds. The second kappa shape index (κ2) is 4.59. The number of nitrogens with one attached hydrogen (secondary N) is 1. The molecule has 86 valence electrons. The molecule has 5 nitrogen and oxygen atoms in total. The summed E-state index contributed by atoms with van der Waals surface area (Å²) in [6.07, 6.45) is 1.27. The Morgan fingerprint density at radius 2 is 2.12 bits per heavy atom. The van der Waals surface area contributed by atoms with Crippen LogP contribution in [-0.4, -0.2) is 22.2 Å². The molecular weight excluding hydrogens is 208 g/mol. The lowest BCUT2D eigenvalue weighted by atomic mass is 9.89. The normalized spacial score (nSPS) is 23.8. The molecule has 0 saturated heterocycles. The van der Waals surface area contributed by atoms with Gasteiger partial charge in [0, 0.05) is 24.2 Å². The van der Waals surface area contributed by atoms with Crippen molar-refractivity contribution in [3.8, 4) is 0 Å². The van der Waals surface area contributed by atoms with E-state index in [9.17, 15) is 10.1 Å². The largest absolute Gasteiger partial charge is 0.393 e. The molecule has 2 N–H and O–H groups in total. The zero-order valence-electron chi connectivity index (χ0n) is 8.80. The number of rotatable bonds is 4. The average molecular weight is 222 g/mol. The Kier molecular flexibility index (Phi) is 3.17. The van der Waals surface area contributed by atoms with Crippen LogP contribution in [0.25, 0.3) is 0 Å². The second-order valence-electron chi connectivity index (χ2n) is 4.09. The number of nitro groups is 1. The standard InChI is InChI=1S/C11H14N2O3/c14-10-5-9(6-10)12-7-8-3-1-2-4-11(8)13(15)16/h1-4,9-10,12,14H,5-7H2. The molecule has 0 spiro atoms. The number of hydrogen-bond donors (Lipinski definition) is 2. The molecule has 0 aromatic heterocycles. The molecule has 0 unspecified atom stereocenters. The van der Waals surface area contributed by atoms with Crippen LogP contribution >= 0.6 is 0 Å². The summed E-state index contributed by atoms with van der Waals surface area (Å²) in [5.41, 5.74) is 0.837. The molecule has 0 atom stereocenters. The average Bonchev–Trinajstić information content (AvgIpc) is 2.23. The van der Waals surface area contributed by atoms with Gasteiger partial charge in [0.1, 0.15) is 0 Å². The van der Waals surface area contributed by atoms with Crippen molar-refractivity contribution in [2.45, 2.75) is 31.5 Å². The molecule has 0 bridgehead atoms. The first-order valence-corrected chi connectivity index (χ1v) is 5.30. The van der Waals surface area contributed by atoms with Crippen LogP contribution in [0.1, 0.15) is 18.4 Å². The van der Waals surface area contributed by atoms with E-state index in [4.69, 9.17) is 5.11 Å². The minimum atomic E-state index is -0.368. The molecule has 1 aliphatic carbocycles. The summed E-state index contributed by atoms with van der Waals surface area (Å²) in [7, 11) is 0. The maximum Gasteiger partial charge on any atom is 0.273 e. The minimum absolute atomic E-state index is 0.148. The molecule has 2 rings (SSSR count). The number of nitro benzene ring substituents is 1. The van der Waals surface area contributed by atoms with Gasteiger partial charge in [-0.1, -0.05) is 18.2 Å². The molecule has 1 aliphatic rings. The number of hydrogen-bond acceptors (Lipinski definition) is 4. The highest BCUT2D eigenvalue weighted by Crippen LogP contribution is 2.22. The van der Waals surface area contributed by atoms with Crippen molar-refractivity contribution in [1.82, 2.24) is 5.32 Å². The van der Waals surface area contributed by atoms with Crippen molar-refractivity contribution in [2.75, 3.05) is 0 Å². The van der Waals surface area contributed by atoms with Crippen molar-refractivity contribution in [3.63, 3.8) is 0 Å². The smallest absolute Gasteiger partial charge is 0.273 e. The van der Waals surface area contributed by atoms with Gasteiger partial charge in [-0.15, -0.1) is 0 Å². The quantitative estimate of drug-likeness (QED) is 0.593. The minimum Gasteiger partial charge on any atom is -0.393 e. The highest BCUT2D eigenvalue weighted by atomic mass is 16.6. The number of nitrogens with zero attached hydrogens (tertiary/aromatic N) is 1. The Hall–Kier alpha value is -1.46. The van der Waals surface area contributed by atoms with Gasteiger partial charge in [-0.05, 0) is 12.8 Å². The summed E-state index contributed by atoms with van der Waals surface area (Å²) >= 11 is 0. The number of aliphatic hydroxyl groups is 1. The zero-order valence-corrected chi connectivity index (χ0v) is 8.80. The van der Waals surface area contributed by atoms with E-state index in [1.54, 1.807) is 18.2 Å². The molecule has 1 fully saturated rings. The van der Waals surface area contributed by atoms with Crippen LogP contribution in [0.2, 0.25) is 0 Å². The number of aliphatic hydroxyl groups excluding tert-OH is 1. The Morgan fingerprint density at radius 1 is 1.44 bits per heavy atom. The van der Waals surface area contributed by atoms with Crippen LogP contribution in [0, 0.1) is 10.1 Å². The van der Waals surface area contributed by atoms with Gasteiger partial charge in [0.25, 0.3) is 5.69 Å². The molecule has 0 heterocycles. The highest BCUT2D eigenvalue weighted by Gasteiger charge is 2.26. The van der Waals surface area contributed by atoms with Crippen LogP contribution in [0.3, 0.4) is 0 Å². The van der Waals surface area contributed by atoms with E-state index in [2.05, 4.69) is 5.32 Å². The maximum atomic E-state index is 10.7. The number of benzene rings is 1. The third-order valence-electron chi connectivity index (χ3n) is 2.88. The molecule has 0 aliphatic heterocycles. The summed E-state index contributed by atoms with van der Waals surface area (Å²) in [6, 6.07) is 7.00. The fourth-order valence-corrected chi connectivity index (χ4v) is 1.85. The van der Waals surface area contributed by atoms with Crippen molar-refractivity contribution < 1.29 is 10.0 Å². The van der Waals surface area contributed by atoms with Crippen LogP contribution < -0.4 is 5.32 Å². The van der Waals surface area contributed by atoms with Crippen LogP contribution in [0.4, 0.5) is 5.69 Å². The van der Waals surface area contributed by atoms with Crippen molar-refractivity contribution in [2.24, 2.45) is 0 Å². The summed E-state index contributed by atoms with van der Waals surface area (Å²) < 4.78 is 0. The lowest BCUT2D eigenvalue weighted by Gasteiger charge is -2.32. The Labute approximate surface area is 93.2 Å². The third kappa shape index (κ3) is 2.37. The molecule has 1 aromatic carbocycles. The molecule has 16 heavy (non-hydrogen) atoms. The van der Waals surface area contributed by atoms with Crippen LogP contribution in [-0.2, 0) is 6.54 Å². The van der Waals surface area contributed by atoms with Gasteiger partial charge in [-0.25, -0.2) is 0 Å². The Bertz CT molecular complexity index is 389. The Morgan fingerprint density at radius 3 is 2.75 bits per heavy atom. The van der Waals surface area contributed by atoms with E-state index in [1.165, 1.54) is 6.07 Å². The topological polar surface area (TPSA) is 75.4 Å². The third-order valence-corrected chi connectivity index (χ3v) is 2.88. The Balaban J connectivity index is 1.95. The van der Waals surface area contributed by atoms with E-state index in [1.807, 2.05) is 0 Å². The second-order valence-corrected chi connectivity index (χ2v) is 4.09. The predicted molar refractivity (Wildman–Crippen MR) is 59.0 cm³/mol. The molecule has 0 radical (unpaired) electrons. The van der Waals surface area contributed by atoms with Gasteiger partial charge in [-0.3, -0.25) is 10.1 Å². The predicted octanol–water partition coefficient (Wildman–Crippen LogP) is 1.21. The molecule has 1 aromatic rings. The summed E-state index contributed by atoms with van der Waals surface area (Å²) in [5.74, 6) is 0. The SMILES string of the molecule is O=[N+]([O-])c1ccccc1CNC1CC(O)C1. The fourth-order valence-electron chi connectivity index (χ4n) is 1.85. The molecular formula is C11H14N2O3. The summed E-state index contributed by atoms with van der Waals surface area (Å²) in [6.45, 7) is 0.481. The van der Waals surface area contributed by atoms with Gasteiger partial charge in [0.05, 0.1) is 11.0 Å². The summed E-state index contributed by atoms with van der Waals surface area (Å²) in [4.78, 5) is 10.4. The first-order valence-electron chi connectivity index (χ1n) is 5.30. The van der Waals surface area contributed by atoms with Gasteiger partial charge in [-0.2, -0.15) is 0 Å². The lowest BCUT2D eigenvalue weighted by Crippen LogP contribution is -2.43. The van der Waals surface area contributed by atoms with Gasteiger partial charge >= 0.3 is 0 Å². The fraction of sp³-hybridized carbons (Fsp3) is 0.455. The summed E-state index contributed by atoms with van der Waals surface area (Å²) in [5, 5.41) is 23.0. The lowest BCUT2D eigenvalue weighted by molar-refractivity contribution is -0.385. The first kappa shape index (κ1) is 11.0. The monoisotopic (exact) mass is 222 g/mol. The van der Waals surface area contributed by atoms with Crippen molar-refractivity contribution >= 4 is 5.69 Å². The van der Waals surface area contributed by atoms with Gasteiger partial charge < -0.3 is 10.4 Å². The highest BCUT2D eigenvalue weighted by molar-refractivity contribution is 5.39. The van der Waals surface area contributed by atoms with E-state index in [0.29, 0.717) is 12.1 Å². The van der Waals surface area contributed by atoms with Gasteiger partial charge in [0.15, 0.2) is 0 Å². The maximum absolute atomic E-state index is 10.7. The van der Waals surface area contributed by atoms with Gasteiger partial charge in [0.2, 0.25) is 0 Å². The van der Waals surface area contributed by atoms with Crippen LogP contribution in [0.15, 0.2) is 24.3 Å². The first-order chi connectivity index (χ1) is 7.66. The van der Waals surface area contributed by atoms with Crippen LogP contribution in [0.5, 0.6) is 0 Å². The zero-order chi connectivity index (χ0) is 11.5.